The van der Waals surface area contributed by atoms with Crippen LogP contribution in [0.25, 0.3) is 0 Å². The summed E-state index contributed by atoms with van der Waals surface area (Å²) in [6, 6.07) is 7.62. The molecular formula is C13H19NO. The zero-order valence-electron chi connectivity index (χ0n) is 9.92. The molecule has 0 heterocycles. The highest BCUT2D eigenvalue weighted by Gasteiger charge is 2.13. The summed E-state index contributed by atoms with van der Waals surface area (Å²) in [5, 5.41) is 3.42. The van der Waals surface area contributed by atoms with Gasteiger partial charge in [-0.3, -0.25) is 4.79 Å². The largest absolute Gasteiger partial charge is 0.380 e. The third kappa shape index (κ3) is 3.39. The van der Waals surface area contributed by atoms with Gasteiger partial charge in [0.1, 0.15) is 0 Å². The standard InChI is InChI=1S/C13H19NO/c1-5-13(3,4)14-12-8-6-11(7-9-12)10(2)15/h6-9,14H,5H2,1-4H3. The number of benzene rings is 1. The highest BCUT2D eigenvalue weighted by atomic mass is 16.1. The maximum absolute atomic E-state index is 11.1. The first-order valence-electron chi connectivity index (χ1n) is 5.34. The van der Waals surface area contributed by atoms with E-state index in [2.05, 4.69) is 26.1 Å². The van der Waals surface area contributed by atoms with Gasteiger partial charge in [-0.1, -0.05) is 6.92 Å². The van der Waals surface area contributed by atoms with Gasteiger partial charge < -0.3 is 5.32 Å². The van der Waals surface area contributed by atoms with Gasteiger partial charge in [0, 0.05) is 16.8 Å². The van der Waals surface area contributed by atoms with E-state index in [1.807, 2.05) is 24.3 Å². The summed E-state index contributed by atoms with van der Waals surface area (Å²) in [6.45, 7) is 8.05. The number of hydrogen-bond donors (Lipinski definition) is 1. The first kappa shape index (κ1) is 11.8. The summed E-state index contributed by atoms with van der Waals surface area (Å²) < 4.78 is 0. The topological polar surface area (TPSA) is 29.1 Å². The summed E-state index contributed by atoms with van der Waals surface area (Å²) in [7, 11) is 0. The van der Waals surface area contributed by atoms with Gasteiger partial charge in [-0.05, 0) is 51.5 Å². The highest BCUT2D eigenvalue weighted by molar-refractivity contribution is 5.94. The fourth-order valence-corrected chi connectivity index (χ4v) is 1.27. The van der Waals surface area contributed by atoms with Crippen molar-refractivity contribution in [1.82, 2.24) is 0 Å². The second-order valence-corrected chi connectivity index (χ2v) is 4.50. The third-order valence-electron chi connectivity index (χ3n) is 2.66. The third-order valence-corrected chi connectivity index (χ3v) is 2.66. The molecule has 0 saturated heterocycles. The molecule has 0 aromatic heterocycles. The van der Waals surface area contributed by atoms with Gasteiger partial charge in [-0.15, -0.1) is 0 Å². The molecule has 0 fully saturated rings. The quantitative estimate of drug-likeness (QED) is 0.762. The molecule has 0 bridgehead atoms. The van der Waals surface area contributed by atoms with Crippen LogP contribution in [0.1, 0.15) is 44.5 Å². The molecule has 1 rings (SSSR count). The molecule has 82 valence electrons. The van der Waals surface area contributed by atoms with Crippen molar-refractivity contribution in [3.05, 3.63) is 29.8 Å². The Hall–Kier alpha value is -1.31. The van der Waals surface area contributed by atoms with Crippen molar-refractivity contribution in [3.8, 4) is 0 Å². The lowest BCUT2D eigenvalue weighted by Gasteiger charge is -2.25. The normalized spacial score (nSPS) is 11.2. The van der Waals surface area contributed by atoms with E-state index in [9.17, 15) is 4.79 Å². The van der Waals surface area contributed by atoms with E-state index < -0.39 is 0 Å². The predicted molar refractivity (Wildman–Crippen MR) is 64.4 cm³/mol. The lowest BCUT2D eigenvalue weighted by Crippen LogP contribution is -2.29. The minimum absolute atomic E-state index is 0.0950. The van der Waals surface area contributed by atoms with Crippen molar-refractivity contribution in [2.45, 2.75) is 39.7 Å². The zero-order chi connectivity index (χ0) is 11.5. The summed E-state index contributed by atoms with van der Waals surface area (Å²) in [5.41, 5.74) is 1.92. The number of hydrogen-bond acceptors (Lipinski definition) is 2. The number of nitrogens with one attached hydrogen (secondary N) is 1. The van der Waals surface area contributed by atoms with Crippen molar-refractivity contribution < 1.29 is 4.79 Å². The Morgan fingerprint density at radius 2 is 1.80 bits per heavy atom. The molecular weight excluding hydrogens is 186 g/mol. The van der Waals surface area contributed by atoms with Crippen LogP contribution >= 0.6 is 0 Å². The average Bonchev–Trinajstić information content (AvgIpc) is 2.18. The van der Waals surface area contributed by atoms with Gasteiger partial charge in [0.25, 0.3) is 0 Å². The molecule has 0 atom stereocenters. The molecule has 0 radical (unpaired) electrons. The van der Waals surface area contributed by atoms with E-state index in [-0.39, 0.29) is 11.3 Å². The van der Waals surface area contributed by atoms with Gasteiger partial charge >= 0.3 is 0 Å². The Morgan fingerprint density at radius 1 is 1.27 bits per heavy atom. The molecule has 0 aliphatic rings. The number of carbonyl (C=O) groups excluding carboxylic acids is 1. The van der Waals surface area contributed by atoms with Crippen molar-refractivity contribution in [1.29, 1.82) is 0 Å². The molecule has 15 heavy (non-hydrogen) atoms. The number of Topliss-reactive ketones (excluding diaryl/α,β-unsaturated/α-hetero) is 1. The van der Waals surface area contributed by atoms with E-state index in [4.69, 9.17) is 0 Å². The van der Waals surface area contributed by atoms with Crippen molar-refractivity contribution in [2.75, 3.05) is 5.32 Å². The van der Waals surface area contributed by atoms with Crippen LogP contribution in [-0.2, 0) is 0 Å². The van der Waals surface area contributed by atoms with Crippen LogP contribution in [0.5, 0.6) is 0 Å². The average molecular weight is 205 g/mol. The molecule has 1 aromatic rings. The molecule has 2 nitrogen and oxygen atoms in total. The van der Waals surface area contributed by atoms with E-state index in [1.54, 1.807) is 6.92 Å². The molecule has 0 aliphatic heterocycles. The molecule has 0 saturated carbocycles. The maximum atomic E-state index is 11.1. The van der Waals surface area contributed by atoms with Crippen LogP contribution in [0.4, 0.5) is 5.69 Å². The van der Waals surface area contributed by atoms with Crippen LogP contribution in [0, 0.1) is 0 Å². The van der Waals surface area contributed by atoms with E-state index in [0.29, 0.717) is 0 Å². The number of ketones is 1. The predicted octanol–water partition coefficient (Wildman–Crippen LogP) is 3.49. The van der Waals surface area contributed by atoms with Crippen LogP contribution in [-0.4, -0.2) is 11.3 Å². The summed E-state index contributed by atoms with van der Waals surface area (Å²) in [6.07, 6.45) is 1.06. The van der Waals surface area contributed by atoms with E-state index in [1.165, 1.54) is 0 Å². The SMILES string of the molecule is CCC(C)(C)Nc1ccc(C(C)=O)cc1. The Balaban J connectivity index is 2.77. The lowest BCUT2D eigenvalue weighted by molar-refractivity contribution is 0.101. The second kappa shape index (κ2) is 4.47. The molecule has 0 aliphatic carbocycles. The van der Waals surface area contributed by atoms with Crippen molar-refractivity contribution in [2.24, 2.45) is 0 Å². The van der Waals surface area contributed by atoms with Gasteiger partial charge in [0.15, 0.2) is 5.78 Å². The Morgan fingerprint density at radius 3 is 2.20 bits per heavy atom. The Bertz CT molecular complexity index is 338. The van der Waals surface area contributed by atoms with Gasteiger partial charge in [0.05, 0.1) is 0 Å². The zero-order valence-corrected chi connectivity index (χ0v) is 9.92. The molecule has 0 amide bonds. The lowest BCUT2D eigenvalue weighted by atomic mass is 10.0. The molecule has 1 N–H and O–H groups in total. The monoisotopic (exact) mass is 205 g/mol. The second-order valence-electron chi connectivity index (χ2n) is 4.50. The van der Waals surface area contributed by atoms with Crippen LogP contribution in [0.3, 0.4) is 0 Å². The van der Waals surface area contributed by atoms with Crippen LogP contribution < -0.4 is 5.32 Å². The molecule has 0 spiro atoms. The van der Waals surface area contributed by atoms with E-state index in [0.717, 1.165) is 17.7 Å². The Labute approximate surface area is 91.7 Å². The summed E-state index contributed by atoms with van der Waals surface area (Å²) >= 11 is 0. The maximum Gasteiger partial charge on any atom is 0.159 e. The number of carbonyl (C=O) groups is 1. The molecule has 0 unspecified atom stereocenters. The number of anilines is 1. The fraction of sp³-hybridized carbons (Fsp3) is 0.462. The minimum atomic E-state index is 0.0950. The van der Waals surface area contributed by atoms with Gasteiger partial charge in [-0.25, -0.2) is 0 Å². The first-order chi connectivity index (χ1) is 6.94. The number of rotatable bonds is 4. The smallest absolute Gasteiger partial charge is 0.159 e. The van der Waals surface area contributed by atoms with Crippen molar-refractivity contribution >= 4 is 11.5 Å². The molecule has 1 aromatic carbocycles. The Kier molecular flexibility index (Phi) is 3.51. The van der Waals surface area contributed by atoms with Gasteiger partial charge in [-0.2, -0.15) is 0 Å². The van der Waals surface area contributed by atoms with Crippen molar-refractivity contribution in [3.63, 3.8) is 0 Å². The fourth-order valence-electron chi connectivity index (χ4n) is 1.27. The van der Waals surface area contributed by atoms with Crippen LogP contribution in [0.15, 0.2) is 24.3 Å². The highest BCUT2D eigenvalue weighted by Crippen LogP contribution is 2.18. The summed E-state index contributed by atoms with van der Waals surface area (Å²) in [5.74, 6) is 0.108. The molecule has 2 heteroatoms. The van der Waals surface area contributed by atoms with Crippen LogP contribution in [0.2, 0.25) is 0 Å². The summed E-state index contributed by atoms with van der Waals surface area (Å²) in [4.78, 5) is 11.1. The minimum Gasteiger partial charge on any atom is -0.380 e. The first-order valence-corrected chi connectivity index (χ1v) is 5.34. The van der Waals surface area contributed by atoms with E-state index >= 15 is 0 Å². The van der Waals surface area contributed by atoms with Gasteiger partial charge in [0.2, 0.25) is 0 Å².